The topological polar surface area (TPSA) is 107 Å². The molecule has 1 aromatic carbocycles. The van der Waals surface area contributed by atoms with Crippen molar-refractivity contribution in [2.24, 2.45) is 13.0 Å². The summed E-state index contributed by atoms with van der Waals surface area (Å²) in [5.74, 6) is -0.341. The number of pyridine rings is 1. The molecule has 4 aromatic rings. The van der Waals surface area contributed by atoms with Crippen molar-refractivity contribution in [1.82, 2.24) is 19.2 Å². The Bertz CT molecular complexity index is 1620. The fourth-order valence-corrected chi connectivity index (χ4v) is 6.01. The number of aliphatic hydroxyl groups is 1. The molecule has 1 aliphatic rings. The molecule has 1 aliphatic heterocycles. The van der Waals surface area contributed by atoms with E-state index in [-0.39, 0.29) is 30.0 Å². The second kappa shape index (κ2) is 9.27. The molecule has 1 unspecified atom stereocenters. The van der Waals surface area contributed by atoms with Gasteiger partial charge in [-0.25, -0.2) is 9.86 Å². The van der Waals surface area contributed by atoms with E-state index in [9.17, 15) is 19.5 Å². The molecule has 10 heteroatoms. The van der Waals surface area contributed by atoms with Crippen LogP contribution in [0.25, 0.3) is 21.1 Å². The van der Waals surface area contributed by atoms with E-state index in [2.05, 4.69) is 4.98 Å². The predicted molar refractivity (Wildman–Crippen MR) is 138 cm³/mol. The van der Waals surface area contributed by atoms with E-state index in [1.807, 2.05) is 51.1 Å². The lowest BCUT2D eigenvalue weighted by molar-refractivity contribution is -0.0778. The highest BCUT2D eigenvalue weighted by Crippen LogP contribution is 2.34. The van der Waals surface area contributed by atoms with Crippen molar-refractivity contribution in [3.05, 3.63) is 72.9 Å². The van der Waals surface area contributed by atoms with E-state index in [1.165, 1.54) is 18.4 Å². The normalized spacial score (nSPS) is 16.1. The van der Waals surface area contributed by atoms with Crippen LogP contribution in [0.15, 0.2) is 39.9 Å². The molecule has 1 fully saturated rings. The first kappa shape index (κ1) is 24.4. The highest BCUT2D eigenvalue weighted by molar-refractivity contribution is 7.19. The number of rotatable bonds is 5. The highest BCUT2D eigenvalue weighted by atomic mass is 32.1. The monoisotopic (exact) mass is 508 g/mol. The van der Waals surface area contributed by atoms with Gasteiger partial charge in [0.1, 0.15) is 17.5 Å². The number of β-amino-alcohol motifs (C(OH)–C–C–N with tert-alkyl or cyclic N) is 1. The first-order valence-corrected chi connectivity index (χ1v) is 12.7. The van der Waals surface area contributed by atoms with E-state index < -0.39 is 23.3 Å². The molecule has 0 bridgehead atoms. The van der Waals surface area contributed by atoms with Gasteiger partial charge >= 0.3 is 5.69 Å². The van der Waals surface area contributed by atoms with Crippen LogP contribution in [0.4, 0.5) is 0 Å². The summed E-state index contributed by atoms with van der Waals surface area (Å²) in [5, 5.41) is 12.2. The molecule has 188 valence electrons. The van der Waals surface area contributed by atoms with Gasteiger partial charge in [-0.1, -0.05) is 32.0 Å². The fraction of sp³-hybridized carbons (Fsp3) is 0.385. The Labute approximate surface area is 211 Å². The van der Waals surface area contributed by atoms with Crippen molar-refractivity contribution < 1.29 is 14.7 Å². The minimum Gasteiger partial charge on any atom is -0.389 e. The van der Waals surface area contributed by atoms with Gasteiger partial charge in [-0.2, -0.15) is 0 Å². The molecular weight excluding hydrogens is 480 g/mol. The Morgan fingerprint density at radius 2 is 2.03 bits per heavy atom. The molecule has 0 spiro atoms. The molecule has 5 rings (SSSR count). The maximum absolute atomic E-state index is 13.7. The number of hydrogen-bond acceptors (Lipinski definition) is 7. The number of hydrogen-bond donors (Lipinski definition) is 1. The third-order valence-corrected chi connectivity index (χ3v) is 7.53. The van der Waals surface area contributed by atoms with Crippen LogP contribution in [0.1, 0.15) is 40.3 Å². The number of fused-ring (bicyclic) bond motifs is 2. The van der Waals surface area contributed by atoms with Gasteiger partial charge < -0.3 is 5.11 Å². The van der Waals surface area contributed by atoms with Gasteiger partial charge in [-0.05, 0) is 30.5 Å². The maximum Gasteiger partial charge on any atom is 0.331 e. The third-order valence-electron chi connectivity index (χ3n) is 6.31. The lowest BCUT2D eigenvalue weighted by Crippen LogP contribution is -2.39. The van der Waals surface area contributed by atoms with Gasteiger partial charge in [0.15, 0.2) is 0 Å². The van der Waals surface area contributed by atoms with Crippen molar-refractivity contribution in [1.29, 1.82) is 0 Å². The first-order valence-electron chi connectivity index (χ1n) is 11.9. The summed E-state index contributed by atoms with van der Waals surface area (Å²) < 4.78 is 2.64. The van der Waals surface area contributed by atoms with Gasteiger partial charge in [0.05, 0.1) is 23.0 Å². The van der Waals surface area contributed by atoms with Gasteiger partial charge in [-0.15, -0.1) is 11.3 Å². The van der Waals surface area contributed by atoms with E-state index in [4.69, 9.17) is 4.84 Å². The van der Waals surface area contributed by atoms with Crippen molar-refractivity contribution in [3.8, 4) is 0 Å². The molecule has 0 saturated carbocycles. The zero-order chi connectivity index (χ0) is 25.7. The minimum absolute atomic E-state index is 0.00734. The molecule has 1 amide bonds. The fourth-order valence-electron chi connectivity index (χ4n) is 4.71. The Morgan fingerprint density at radius 1 is 1.28 bits per heavy atom. The average molecular weight is 509 g/mol. The molecule has 1 atom stereocenters. The van der Waals surface area contributed by atoms with Crippen LogP contribution >= 0.6 is 11.3 Å². The number of aryl methyl sites for hydroxylation is 1. The summed E-state index contributed by atoms with van der Waals surface area (Å²) in [6.07, 6.45) is -0.421. The number of nitrogens with zero attached hydrogens (tertiary/aromatic N) is 4. The molecule has 9 nitrogen and oxygen atoms in total. The minimum atomic E-state index is -0.795. The van der Waals surface area contributed by atoms with Crippen LogP contribution in [0.5, 0.6) is 0 Å². The molecule has 1 N–H and O–H groups in total. The number of amides is 1. The summed E-state index contributed by atoms with van der Waals surface area (Å²) in [5.41, 5.74) is 1.95. The van der Waals surface area contributed by atoms with Crippen molar-refractivity contribution >= 4 is 38.4 Å². The third kappa shape index (κ3) is 4.15. The summed E-state index contributed by atoms with van der Waals surface area (Å²) in [6, 6.07) is 9.78. The molecule has 3 aromatic heterocycles. The smallest absolute Gasteiger partial charge is 0.331 e. The molecular formula is C26H28N4O5S. The van der Waals surface area contributed by atoms with Crippen molar-refractivity contribution in [2.45, 2.75) is 39.8 Å². The van der Waals surface area contributed by atoms with E-state index in [1.54, 1.807) is 4.57 Å². The van der Waals surface area contributed by atoms with Gasteiger partial charge in [-0.3, -0.25) is 28.5 Å². The van der Waals surface area contributed by atoms with Gasteiger partial charge in [0.2, 0.25) is 0 Å². The van der Waals surface area contributed by atoms with E-state index >= 15 is 0 Å². The maximum atomic E-state index is 13.7. The van der Waals surface area contributed by atoms with Crippen LogP contribution in [0.3, 0.4) is 0 Å². The Morgan fingerprint density at radius 3 is 2.72 bits per heavy atom. The highest BCUT2D eigenvalue weighted by Gasteiger charge is 2.33. The zero-order valence-corrected chi connectivity index (χ0v) is 21.5. The molecule has 4 heterocycles. The Balaban J connectivity index is 1.79. The number of carbonyl (C=O) groups is 1. The molecule has 1 saturated heterocycles. The summed E-state index contributed by atoms with van der Waals surface area (Å²) in [7, 11) is 1.43. The van der Waals surface area contributed by atoms with Crippen LogP contribution in [0.2, 0.25) is 0 Å². The number of hydroxylamine groups is 2. The summed E-state index contributed by atoms with van der Waals surface area (Å²) in [4.78, 5) is 51.4. The summed E-state index contributed by atoms with van der Waals surface area (Å²) >= 11 is 1.29. The van der Waals surface area contributed by atoms with Crippen LogP contribution in [-0.2, 0) is 24.9 Å². The summed E-state index contributed by atoms with van der Waals surface area (Å²) in [6.45, 7) is 6.34. The number of carbonyl (C=O) groups excluding carboxylic acids is 1. The SMILES string of the molecule is Cc1cc(Cc2sc3c(c2C(=O)N2CC(O)CO2)c(=O)n(C)c(=O)n3CC(C)C)c2ccccc2n1. The number of para-hydroxylation sites is 1. The second-order valence-electron chi connectivity index (χ2n) is 9.66. The number of benzene rings is 1. The number of aromatic nitrogens is 3. The molecule has 0 radical (unpaired) electrons. The predicted octanol–water partition coefficient (Wildman–Crippen LogP) is 2.61. The largest absolute Gasteiger partial charge is 0.389 e. The quantitative estimate of drug-likeness (QED) is 0.444. The zero-order valence-electron chi connectivity index (χ0n) is 20.6. The Hall–Kier alpha value is -3.34. The first-order chi connectivity index (χ1) is 17.2. The van der Waals surface area contributed by atoms with Crippen LogP contribution in [0, 0.1) is 12.8 Å². The average Bonchev–Trinajstić information content (AvgIpc) is 3.43. The lowest BCUT2D eigenvalue weighted by atomic mass is 10.0. The Kier molecular flexibility index (Phi) is 6.27. The van der Waals surface area contributed by atoms with Crippen molar-refractivity contribution in [3.63, 3.8) is 0 Å². The standard InChI is InChI=1S/C26H28N4O5S/c1-14(2)11-29-25-22(23(32)28(4)26(29)34)21(24(33)30-12-17(31)13-35-30)20(36-25)10-16-9-15(3)27-19-8-6-5-7-18(16)19/h5-9,14,17,31H,10-13H2,1-4H3. The van der Waals surface area contributed by atoms with Crippen molar-refractivity contribution in [2.75, 3.05) is 13.2 Å². The molecule has 36 heavy (non-hydrogen) atoms. The van der Waals surface area contributed by atoms with Gasteiger partial charge in [0.25, 0.3) is 11.5 Å². The van der Waals surface area contributed by atoms with Gasteiger partial charge in [0, 0.05) is 36.0 Å². The number of aliphatic hydroxyl groups excluding tert-OH is 1. The van der Waals surface area contributed by atoms with E-state index in [0.29, 0.717) is 22.7 Å². The lowest BCUT2D eigenvalue weighted by Gasteiger charge is -2.15. The van der Waals surface area contributed by atoms with Crippen LogP contribution in [-0.4, -0.2) is 49.5 Å². The second-order valence-corrected chi connectivity index (χ2v) is 10.7. The van der Waals surface area contributed by atoms with E-state index in [0.717, 1.165) is 31.8 Å². The number of thiophene rings is 1. The molecule has 0 aliphatic carbocycles. The van der Waals surface area contributed by atoms with Crippen LogP contribution < -0.4 is 11.2 Å².